The van der Waals surface area contributed by atoms with E-state index in [9.17, 15) is 14.9 Å². The summed E-state index contributed by atoms with van der Waals surface area (Å²) in [4.78, 5) is 25.3. The van der Waals surface area contributed by atoms with Crippen LogP contribution >= 0.6 is 46.6 Å². The molecule has 0 aliphatic carbocycles. The number of nitro benzene ring substituents is 1. The number of carbonyl (C=O) groups excluding carboxylic acids is 1. The van der Waals surface area contributed by atoms with Crippen molar-refractivity contribution < 1.29 is 19.2 Å². The maximum Gasteiger partial charge on any atom is 0.271 e. The van der Waals surface area contributed by atoms with Gasteiger partial charge in [-0.25, -0.2) is 0 Å². The number of hydrogen-bond donors (Lipinski definition) is 0. The van der Waals surface area contributed by atoms with Crippen molar-refractivity contribution in [2.45, 2.75) is 13.8 Å². The van der Waals surface area contributed by atoms with Crippen LogP contribution in [0.4, 0.5) is 11.4 Å². The molecule has 156 valence electrons. The largest absolute Gasteiger partial charge is 0.490 e. The van der Waals surface area contributed by atoms with E-state index in [1.54, 1.807) is 12.1 Å². The normalized spacial score (nSPS) is 15.0. The van der Waals surface area contributed by atoms with Crippen LogP contribution in [0.3, 0.4) is 0 Å². The summed E-state index contributed by atoms with van der Waals surface area (Å²) in [6.07, 6.45) is 1.73. The number of rotatable bonds is 7. The van der Waals surface area contributed by atoms with Crippen LogP contribution in [0.5, 0.6) is 11.5 Å². The van der Waals surface area contributed by atoms with E-state index in [1.807, 2.05) is 26.0 Å². The number of nitrogens with zero attached hydrogens (tertiary/aromatic N) is 2. The van der Waals surface area contributed by atoms with Gasteiger partial charge < -0.3 is 9.47 Å². The maximum atomic E-state index is 13.0. The van der Waals surface area contributed by atoms with E-state index in [1.165, 1.54) is 23.1 Å². The van der Waals surface area contributed by atoms with E-state index in [-0.39, 0.29) is 11.6 Å². The first-order valence-corrected chi connectivity index (χ1v) is 11.3. The summed E-state index contributed by atoms with van der Waals surface area (Å²) in [6.45, 7) is 4.78. The van der Waals surface area contributed by atoms with Gasteiger partial charge >= 0.3 is 0 Å². The molecule has 1 saturated heterocycles. The summed E-state index contributed by atoms with van der Waals surface area (Å²) in [5.74, 6) is 0.945. The van der Waals surface area contributed by atoms with Gasteiger partial charge in [-0.05, 0) is 66.3 Å². The Morgan fingerprint density at radius 3 is 2.63 bits per heavy atom. The van der Waals surface area contributed by atoms with Crippen molar-refractivity contribution in [3.8, 4) is 11.5 Å². The second-order valence-corrected chi connectivity index (χ2v) is 8.83. The molecule has 0 bridgehead atoms. The highest BCUT2D eigenvalue weighted by molar-refractivity contribution is 14.1. The number of benzene rings is 2. The molecule has 3 rings (SSSR count). The maximum absolute atomic E-state index is 13.0. The molecule has 1 amide bonds. The van der Waals surface area contributed by atoms with Crippen molar-refractivity contribution in [3.63, 3.8) is 0 Å². The number of carbonyl (C=O) groups is 1. The van der Waals surface area contributed by atoms with Gasteiger partial charge in [0.2, 0.25) is 0 Å². The SMILES string of the molecule is CCOc1cc(/C=C2\SC(=S)N(c3cccc([N+](=O)[O-])c3)C2=O)cc(I)c1OCC. The standard InChI is InChI=1S/C20H17IN2O5S2/c1-3-27-16-9-12(8-15(21)18(16)28-4-2)10-17-19(24)22(20(29)30-17)13-6-5-7-14(11-13)23(25)26/h5-11H,3-4H2,1-2H3/b17-10-. The van der Waals surface area contributed by atoms with Crippen LogP contribution in [0.25, 0.3) is 6.08 Å². The lowest BCUT2D eigenvalue weighted by atomic mass is 10.1. The Labute approximate surface area is 196 Å². The molecule has 2 aromatic carbocycles. The van der Waals surface area contributed by atoms with Crippen LogP contribution in [0.15, 0.2) is 41.3 Å². The van der Waals surface area contributed by atoms with Gasteiger partial charge in [-0.2, -0.15) is 0 Å². The first kappa shape index (κ1) is 22.5. The van der Waals surface area contributed by atoms with E-state index < -0.39 is 4.92 Å². The minimum atomic E-state index is -0.506. The smallest absolute Gasteiger partial charge is 0.271 e. The topological polar surface area (TPSA) is 81.9 Å². The molecule has 0 unspecified atom stereocenters. The van der Waals surface area contributed by atoms with E-state index >= 15 is 0 Å². The first-order chi connectivity index (χ1) is 14.3. The van der Waals surface area contributed by atoms with Crippen LogP contribution in [-0.2, 0) is 4.79 Å². The van der Waals surface area contributed by atoms with Crippen LogP contribution in [-0.4, -0.2) is 28.4 Å². The molecule has 0 spiro atoms. The number of nitro groups is 1. The molecule has 0 N–H and O–H groups in total. The molecular formula is C20H17IN2O5S2. The number of thiocarbonyl (C=S) groups is 1. The molecule has 7 nitrogen and oxygen atoms in total. The molecular weight excluding hydrogens is 539 g/mol. The number of anilines is 1. The van der Waals surface area contributed by atoms with Crippen molar-refractivity contribution in [3.05, 3.63) is 60.6 Å². The predicted octanol–water partition coefficient (Wildman–Crippen LogP) is 5.40. The number of non-ortho nitro benzene ring substituents is 1. The van der Waals surface area contributed by atoms with Crippen molar-refractivity contribution in [2.75, 3.05) is 18.1 Å². The van der Waals surface area contributed by atoms with Crippen molar-refractivity contribution >= 4 is 74.2 Å². The fraction of sp³-hybridized carbons (Fsp3) is 0.200. The van der Waals surface area contributed by atoms with Crippen molar-refractivity contribution in [1.29, 1.82) is 0 Å². The Kier molecular flexibility index (Phi) is 7.32. The van der Waals surface area contributed by atoms with Gasteiger partial charge in [0.05, 0.1) is 32.3 Å². The van der Waals surface area contributed by atoms with E-state index in [2.05, 4.69) is 22.6 Å². The fourth-order valence-corrected chi connectivity index (χ4v) is 4.89. The molecule has 0 aromatic heterocycles. The minimum Gasteiger partial charge on any atom is -0.490 e. The average molecular weight is 556 g/mol. The van der Waals surface area contributed by atoms with Gasteiger partial charge in [-0.15, -0.1) is 0 Å². The Bertz CT molecular complexity index is 1060. The van der Waals surface area contributed by atoms with Crippen LogP contribution in [0.2, 0.25) is 0 Å². The molecule has 0 saturated carbocycles. The zero-order valence-electron chi connectivity index (χ0n) is 16.1. The highest BCUT2D eigenvalue weighted by Gasteiger charge is 2.34. The zero-order chi connectivity index (χ0) is 21.8. The lowest BCUT2D eigenvalue weighted by molar-refractivity contribution is -0.384. The van der Waals surface area contributed by atoms with Gasteiger partial charge in [0, 0.05) is 12.1 Å². The molecule has 1 aliphatic heterocycles. The first-order valence-electron chi connectivity index (χ1n) is 8.97. The highest BCUT2D eigenvalue weighted by Crippen LogP contribution is 2.39. The molecule has 0 atom stereocenters. The molecule has 2 aromatic rings. The monoisotopic (exact) mass is 556 g/mol. The van der Waals surface area contributed by atoms with Gasteiger partial charge in [0.25, 0.3) is 11.6 Å². The van der Waals surface area contributed by atoms with Gasteiger partial charge in [0.1, 0.15) is 0 Å². The molecule has 1 fully saturated rings. The fourth-order valence-electron chi connectivity index (χ4n) is 2.81. The summed E-state index contributed by atoms with van der Waals surface area (Å²) in [5, 5.41) is 11.1. The van der Waals surface area contributed by atoms with Crippen LogP contribution in [0, 0.1) is 13.7 Å². The average Bonchev–Trinajstić information content (AvgIpc) is 2.98. The Hall–Kier alpha value is -2.18. The number of thioether (sulfide) groups is 1. The molecule has 1 aliphatic rings. The summed E-state index contributed by atoms with van der Waals surface area (Å²) in [7, 11) is 0. The number of hydrogen-bond acceptors (Lipinski definition) is 7. The number of halogens is 1. The zero-order valence-corrected chi connectivity index (χ0v) is 19.9. The van der Waals surface area contributed by atoms with E-state index in [0.717, 1.165) is 20.9 Å². The molecule has 1 heterocycles. The second kappa shape index (κ2) is 9.75. The summed E-state index contributed by atoms with van der Waals surface area (Å²) in [5.41, 5.74) is 1.03. The predicted molar refractivity (Wildman–Crippen MR) is 130 cm³/mol. The highest BCUT2D eigenvalue weighted by atomic mass is 127. The summed E-state index contributed by atoms with van der Waals surface area (Å²) < 4.78 is 12.6. The summed E-state index contributed by atoms with van der Waals surface area (Å²) in [6, 6.07) is 9.56. The van der Waals surface area contributed by atoms with Crippen molar-refractivity contribution in [2.24, 2.45) is 0 Å². The molecule has 30 heavy (non-hydrogen) atoms. The van der Waals surface area contributed by atoms with E-state index in [0.29, 0.717) is 39.6 Å². The van der Waals surface area contributed by atoms with Gasteiger partial charge in [-0.1, -0.05) is 30.0 Å². The third kappa shape index (κ3) is 4.76. The van der Waals surface area contributed by atoms with Crippen molar-refractivity contribution in [1.82, 2.24) is 0 Å². The third-order valence-corrected chi connectivity index (χ3v) is 6.11. The minimum absolute atomic E-state index is 0.104. The Balaban J connectivity index is 1.96. The van der Waals surface area contributed by atoms with Gasteiger partial charge in [-0.3, -0.25) is 19.8 Å². The lowest BCUT2D eigenvalue weighted by Crippen LogP contribution is -2.27. The lowest BCUT2D eigenvalue weighted by Gasteiger charge is -2.14. The van der Waals surface area contributed by atoms with Crippen LogP contribution < -0.4 is 14.4 Å². The number of amides is 1. The molecule has 10 heteroatoms. The molecule has 0 radical (unpaired) electrons. The van der Waals surface area contributed by atoms with Gasteiger partial charge in [0.15, 0.2) is 15.8 Å². The second-order valence-electron chi connectivity index (χ2n) is 5.99. The quantitative estimate of drug-likeness (QED) is 0.149. The van der Waals surface area contributed by atoms with Crippen LogP contribution in [0.1, 0.15) is 19.4 Å². The summed E-state index contributed by atoms with van der Waals surface area (Å²) >= 11 is 8.68. The third-order valence-electron chi connectivity index (χ3n) is 4.01. The Morgan fingerprint density at radius 2 is 1.97 bits per heavy atom. The van der Waals surface area contributed by atoms with E-state index in [4.69, 9.17) is 21.7 Å². The Morgan fingerprint density at radius 1 is 1.23 bits per heavy atom. The number of ether oxygens (including phenoxy) is 2.